The zero-order valence-electron chi connectivity index (χ0n) is 11.7. The van der Waals surface area contributed by atoms with Crippen LogP contribution >= 0.6 is 22.9 Å². The van der Waals surface area contributed by atoms with Crippen LogP contribution in [0.5, 0.6) is 0 Å². The predicted molar refractivity (Wildman–Crippen MR) is 83.2 cm³/mol. The standard InChI is InChI=1S/C15H19ClN2S/c1-10-11(2)19-14(18-10)15(3,17-4)9-12-5-7-13(16)8-6-12/h5-8,17H,9H2,1-4H3. The molecular formula is C15H19ClN2S. The molecule has 0 bridgehead atoms. The fourth-order valence-corrected chi connectivity index (χ4v) is 3.18. The number of hydrogen-bond donors (Lipinski definition) is 1. The van der Waals surface area contributed by atoms with Crippen molar-refractivity contribution < 1.29 is 0 Å². The molecule has 0 aliphatic heterocycles. The van der Waals surface area contributed by atoms with Crippen LogP contribution in [0.15, 0.2) is 24.3 Å². The number of aromatic nitrogens is 1. The van der Waals surface area contributed by atoms with Gasteiger partial charge in [0.1, 0.15) is 5.01 Å². The number of rotatable bonds is 4. The summed E-state index contributed by atoms with van der Waals surface area (Å²) in [6.07, 6.45) is 0.896. The van der Waals surface area contributed by atoms with Crippen molar-refractivity contribution in [2.24, 2.45) is 0 Å². The van der Waals surface area contributed by atoms with Crippen molar-refractivity contribution in [3.63, 3.8) is 0 Å². The summed E-state index contributed by atoms with van der Waals surface area (Å²) in [5.41, 5.74) is 2.24. The molecule has 1 aromatic heterocycles. The lowest BCUT2D eigenvalue weighted by Gasteiger charge is -2.27. The Hall–Kier alpha value is -0.900. The van der Waals surface area contributed by atoms with E-state index in [4.69, 9.17) is 16.6 Å². The number of halogens is 1. The summed E-state index contributed by atoms with van der Waals surface area (Å²) in [6, 6.07) is 8.02. The molecule has 0 aliphatic carbocycles. The van der Waals surface area contributed by atoms with Gasteiger partial charge in [0, 0.05) is 9.90 Å². The van der Waals surface area contributed by atoms with E-state index < -0.39 is 0 Å². The van der Waals surface area contributed by atoms with E-state index in [1.54, 1.807) is 11.3 Å². The first-order chi connectivity index (χ1) is 8.94. The maximum absolute atomic E-state index is 5.93. The van der Waals surface area contributed by atoms with E-state index in [-0.39, 0.29) is 5.54 Å². The van der Waals surface area contributed by atoms with Gasteiger partial charge < -0.3 is 5.32 Å². The summed E-state index contributed by atoms with van der Waals surface area (Å²) >= 11 is 7.70. The Bertz CT molecular complexity index is 543. The molecule has 1 atom stereocenters. The highest BCUT2D eigenvalue weighted by molar-refractivity contribution is 7.11. The summed E-state index contributed by atoms with van der Waals surface area (Å²) < 4.78 is 0. The third-order valence-corrected chi connectivity index (χ3v) is 5.11. The van der Waals surface area contributed by atoms with Gasteiger partial charge in [0.15, 0.2) is 0 Å². The fraction of sp³-hybridized carbons (Fsp3) is 0.400. The third-order valence-electron chi connectivity index (χ3n) is 3.52. The molecule has 0 fully saturated rings. The van der Waals surface area contributed by atoms with E-state index in [0.717, 1.165) is 22.1 Å². The minimum absolute atomic E-state index is 0.141. The van der Waals surface area contributed by atoms with Crippen LogP contribution in [0.1, 0.15) is 28.1 Å². The second kappa shape index (κ2) is 5.61. The summed E-state index contributed by atoms with van der Waals surface area (Å²) in [6.45, 7) is 6.38. The molecule has 19 heavy (non-hydrogen) atoms. The lowest BCUT2D eigenvalue weighted by molar-refractivity contribution is 0.395. The average molecular weight is 295 g/mol. The van der Waals surface area contributed by atoms with Gasteiger partial charge >= 0.3 is 0 Å². The van der Waals surface area contributed by atoms with Crippen LogP contribution < -0.4 is 5.32 Å². The van der Waals surface area contributed by atoms with Gasteiger partial charge in [0.25, 0.3) is 0 Å². The van der Waals surface area contributed by atoms with Crippen molar-refractivity contribution in [3.8, 4) is 0 Å². The first-order valence-corrected chi connectivity index (χ1v) is 7.52. The SMILES string of the molecule is CNC(C)(Cc1ccc(Cl)cc1)c1nc(C)c(C)s1. The second-order valence-electron chi connectivity index (χ2n) is 5.05. The summed E-state index contributed by atoms with van der Waals surface area (Å²) in [7, 11) is 1.99. The molecule has 2 aromatic rings. The molecule has 2 rings (SSSR count). The minimum Gasteiger partial charge on any atom is -0.308 e. The van der Waals surface area contributed by atoms with Crippen LogP contribution in [0.25, 0.3) is 0 Å². The minimum atomic E-state index is -0.141. The summed E-state index contributed by atoms with van der Waals surface area (Å²) in [4.78, 5) is 5.98. The number of nitrogens with zero attached hydrogens (tertiary/aromatic N) is 1. The van der Waals surface area contributed by atoms with Crippen molar-refractivity contribution in [1.82, 2.24) is 10.3 Å². The molecule has 0 saturated heterocycles. The number of aryl methyl sites for hydroxylation is 2. The van der Waals surface area contributed by atoms with Crippen LogP contribution in [0.2, 0.25) is 5.02 Å². The zero-order chi connectivity index (χ0) is 14.0. The molecule has 1 heterocycles. The van der Waals surface area contributed by atoms with E-state index in [1.807, 2.05) is 19.2 Å². The molecule has 1 N–H and O–H groups in total. The van der Waals surface area contributed by atoms with Gasteiger partial charge in [-0.15, -0.1) is 11.3 Å². The Balaban J connectivity index is 2.29. The average Bonchev–Trinajstić information content (AvgIpc) is 2.73. The molecular weight excluding hydrogens is 276 g/mol. The van der Waals surface area contributed by atoms with E-state index in [1.165, 1.54) is 10.4 Å². The van der Waals surface area contributed by atoms with Gasteiger partial charge in [0.2, 0.25) is 0 Å². The van der Waals surface area contributed by atoms with Gasteiger partial charge in [-0.05, 0) is 51.9 Å². The highest BCUT2D eigenvalue weighted by Crippen LogP contribution is 2.30. The lowest BCUT2D eigenvalue weighted by Crippen LogP contribution is -2.38. The molecule has 0 radical (unpaired) electrons. The molecule has 1 unspecified atom stereocenters. The van der Waals surface area contributed by atoms with Crippen LogP contribution in [0.4, 0.5) is 0 Å². The highest BCUT2D eigenvalue weighted by Gasteiger charge is 2.28. The van der Waals surface area contributed by atoms with Crippen molar-refractivity contribution in [2.45, 2.75) is 32.7 Å². The number of nitrogens with one attached hydrogen (secondary N) is 1. The molecule has 0 amide bonds. The highest BCUT2D eigenvalue weighted by atomic mass is 35.5. The van der Waals surface area contributed by atoms with Gasteiger partial charge in [-0.1, -0.05) is 23.7 Å². The lowest BCUT2D eigenvalue weighted by atomic mass is 9.93. The van der Waals surface area contributed by atoms with Crippen LogP contribution in [0, 0.1) is 13.8 Å². The van der Waals surface area contributed by atoms with E-state index in [2.05, 4.69) is 38.2 Å². The van der Waals surface area contributed by atoms with Crippen LogP contribution in [-0.2, 0) is 12.0 Å². The molecule has 2 nitrogen and oxygen atoms in total. The van der Waals surface area contributed by atoms with E-state index in [0.29, 0.717) is 0 Å². The van der Waals surface area contributed by atoms with Gasteiger partial charge in [0.05, 0.1) is 11.2 Å². The van der Waals surface area contributed by atoms with E-state index >= 15 is 0 Å². The molecule has 102 valence electrons. The van der Waals surface area contributed by atoms with Crippen molar-refractivity contribution in [2.75, 3.05) is 7.05 Å². The maximum Gasteiger partial charge on any atom is 0.113 e. The number of benzene rings is 1. The van der Waals surface area contributed by atoms with Crippen LogP contribution in [0.3, 0.4) is 0 Å². The van der Waals surface area contributed by atoms with Gasteiger partial charge in [-0.25, -0.2) is 4.98 Å². The quantitative estimate of drug-likeness (QED) is 0.918. The van der Waals surface area contributed by atoms with Gasteiger partial charge in [-0.3, -0.25) is 0 Å². The second-order valence-corrected chi connectivity index (χ2v) is 6.69. The molecule has 4 heteroatoms. The van der Waals surface area contributed by atoms with Crippen molar-refractivity contribution in [3.05, 3.63) is 50.4 Å². The van der Waals surface area contributed by atoms with Gasteiger partial charge in [-0.2, -0.15) is 0 Å². The predicted octanol–water partition coefficient (Wildman–Crippen LogP) is 4.09. The Morgan fingerprint density at radius 1 is 1.26 bits per heavy atom. The number of hydrogen-bond acceptors (Lipinski definition) is 3. The van der Waals surface area contributed by atoms with E-state index in [9.17, 15) is 0 Å². The monoisotopic (exact) mass is 294 g/mol. The van der Waals surface area contributed by atoms with Crippen LogP contribution in [-0.4, -0.2) is 12.0 Å². The zero-order valence-corrected chi connectivity index (χ0v) is 13.3. The largest absolute Gasteiger partial charge is 0.308 e. The Labute approximate surface area is 123 Å². The molecule has 1 aromatic carbocycles. The fourth-order valence-electron chi connectivity index (χ4n) is 1.99. The Kier molecular flexibility index (Phi) is 4.29. The Morgan fingerprint density at radius 2 is 1.89 bits per heavy atom. The van der Waals surface area contributed by atoms with Crippen molar-refractivity contribution >= 4 is 22.9 Å². The first-order valence-electron chi connectivity index (χ1n) is 6.32. The number of thiazole rings is 1. The summed E-state index contributed by atoms with van der Waals surface area (Å²) in [5, 5.41) is 5.33. The molecule has 0 saturated carbocycles. The smallest absolute Gasteiger partial charge is 0.113 e. The molecule has 0 aliphatic rings. The first kappa shape index (κ1) is 14.5. The maximum atomic E-state index is 5.93. The summed E-state index contributed by atoms with van der Waals surface area (Å²) in [5.74, 6) is 0. The Morgan fingerprint density at radius 3 is 2.37 bits per heavy atom. The third kappa shape index (κ3) is 3.16. The number of likely N-dealkylation sites (N-methyl/N-ethyl adjacent to an activating group) is 1. The van der Waals surface area contributed by atoms with Crippen molar-refractivity contribution in [1.29, 1.82) is 0 Å². The molecule has 0 spiro atoms. The normalized spacial score (nSPS) is 14.4. The topological polar surface area (TPSA) is 24.9 Å².